The van der Waals surface area contributed by atoms with Crippen LogP contribution in [0.15, 0.2) is 128 Å². The molecule has 5 rings (SSSR count). The lowest BCUT2D eigenvalue weighted by Gasteiger charge is -2.24. The quantitative estimate of drug-likeness (QED) is 0.182. The van der Waals surface area contributed by atoms with E-state index in [1.54, 1.807) is 13.3 Å². The van der Waals surface area contributed by atoms with Crippen LogP contribution in [0.1, 0.15) is 27.2 Å². The highest BCUT2D eigenvalue weighted by Crippen LogP contribution is 2.30. The summed E-state index contributed by atoms with van der Waals surface area (Å²) in [6.45, 7) is 1.41. The van der Waals surface area contributed by atoms with E-state index in [1.807, 2.05) is 114 Å². The smallest absolute Gasteiger partial charge is 0.254 e. The Balaban J connectivity index is 1.34. The maximum atomic E-state index is 13.7. The molecule has 200 valence electrons. The van der Waals surface area contributed by atoms with Gasteiger partial charge in [0.25, 0.3) is 5.91 Å². The Bertz CT molecular complexity index is 1510. The SMILES string of the molecule is COc1cc(CN(CCc2ccccn2)C(=O)c2ccc(-c3ccccc3)cc2)ccc1OCc1ccccc1. The van der Waals surface area contributed by atoms with E-state index >= 15 is 0 Å². The van der Waals surface area contributed by atoms with Crippen molar-refractivity contribution < 1.29 is 14.3 Å². The molecule has 1 heterocycles. The normalized spacial score (nSPS) is 10.6. The minimum absolute atomic E-state index is 0.0288. The van der Waals surface area contributed by atoms with Crippen LogP contribution in [-0.2, 0) is 19.6 Å². The van der Waals surface area contributed by atoms with E-state index in [-0.39, 0.29) is 5.91 Å². The third-order valence-electron chi connectivity index (χ3n) is 6.73. The van der Waals surface area contributed by atoms with Gasteiger partial charge in [0.15, 0.2) is 11.5 Å². The monoisotopic (exact) mass is 528 g/mol. The van der Waals surface area contributed by atoms with Crippen LogP contribution in [0.5, 0.6) is 11.5 Å². The van der Waals surface area contributed by atoms with E-state index < -0.39 is 0 Å². The van der Waals surface area contributed by atoms with Crippen LogP contribution in [0, 0.1) is 0 Å². The van der Waals surface area contributed by atoms with Crippen LogP contribution in [0.3, 0.4) is 0 Å². The standard InChI is InChI=1S/C35H32N2O3/c1-39-34-24-28(15-20-33(34)40-26-27-10-4-2-5-11-27)25-37(23-21-32-14-8-9-22-36-32)35(38)31-18-16-30(17-19-31)29-12-6-3-7-13-29/h2-20,22,24H,21,23,25-26H2,1H3. The topological polar surface area (TPSA) is 51.7 Å². The zero-order valence-corrected chi connectivity index (χ0v) is 22.6. The molecule has 40 heavy (non-hydrogen) atoms. The number of nitrogens with zero attached hydrogens (tertiary/aromatic N) is 2. The summed E-state index contributed by atoms with van der Waals surface area (Å²) < 4.78 is 11.7. The Morgan fingerprint density at radius 2 is 1.43 bits per heavy atom. The maximum absolute atomic E-state index is 13.7. The van der Waals surface area contributed by atoms with E-state index in [1.165, 1.54) is 0 Å². The third kappa shape index (κ3) is 6.94. The van der Waals surface area contributed by atoms with E-state index in [4.69, 9.17) is 9.47 Å². The van der Waals surface area contributed by atoms with Crippen molar-refractivity contribution >= 4 is 5.91 Å². The Morgan fingerprint density at radius 3 is 2.12 bits per heavy atom. The van der Waals surface area contributed by atoms with Crippen molar-refractivity contribution in [2.24, 2.45) is 0 Å². The summed E-state index contributed by atoms with van der Waals surface area (Å²) in [4.78, 5) is 20.1. The summed E-state index contributed by atoms with van der Waals surface area (Å²) in [5, 5.41) is 0. The fourth-order valence-corrected chi connectivity index (χ4v) is 4.55. The number of carbonyl (C=O) groups is 1. The number of hydrogen-bond donors (Lipinski definition) is 0. The number of methoxy groups -OCH3 is 1. The second-order valence-electron chi connectivity index (χ2n) is 9.50. The molecule has 0 atom stereocenters. The molecule has 5 heteroatoms. The van der Waals surface area contributed by atoms with Crippen molar-refractivity contribution in [3.05, 3.63) is 150 Å². The fourth-order valence-electron chi connectivity index (χ4n) is 4.55. The molecule has 0 aliphatic rings. The molecule has 0 N–H and O–H groups in total. The highest BCUT2D eigenvalue weighted by atomic mass is 16.5. The fraction of sp³-hybridized carbons (Fsp3) is 0.143. The van der Waals surface area contributed by atoms with Gasteiger partial charge in [0, 0.05) is 37.0 Å². The minimum atomic E-state index is -0.0288. The van der Waals surface area contributed by atoms with Gasteiger partial charge in [-0.05, 0) is 58.7 Å². The summed E-state index contributed by atoms with van der Waals surface area (Å²) in [5.41, 5.74) is 5.83. The highest BCUT2D eigenvalue weighted by molar-refractivity contribution is 5.94. The lowest BCUT2D eigenvalue weighted by Crippen LogP contribution is -2.32. The third-order valence-corrected chi connectivity index (χ3v) is 6.73. The first kappa shape index (κ1) is 26.7. The van der Waals surface area contributed by atoms with Crippen LogP contribution in [0.25, 0.3) is 11.1 Å². The highest BCUT2D eigenvalue weighted by Gasteiger charge is 2.18. The molecule has 0 aliphatic heterocycles. The first-order valence-corrected chi connectivity index (χ1v) is 13.4. The van der Waals surface area contributed by atoms with Crippen molar-refractivity contribution in [2.45, 2.75) is 19.6 Å². The Morgan fingerprint density at radius 1 is 0.725 bits per heavy atom. The van der Waals surface area contributed by atoms with Crippen molar-refractivity contribution in [2.75, 3.05) is 13.7 Å². The van der Waals surface area contributed by atoms with Gasteiger partial charge in [0.1, 0.15) is 6.61 Å². The first-order valence-electron chi connectivity index (χ1n) is 13.4. The largest absolute Gasteiger partial charge is 0.493 e. The molecule has 5 nitrogen and oxygen atoms in total. The average molecular weight is 529 g/mol. The van der Waals surface area contributed by atoms with Gasteiger partial charge < -0.3 is 14.4 Å². The molecule has 0 saturated carbocycles. The number of aromatic nitrogens is 1. The van der Waals surface area contributed by atoms with Gasteiger partial charge in [-0.3, -0.25) is 9.78 Å². The molecule has 5 aromatic rings. The number of benzene rings is 4. The summed E-state index contributed by atoms with van der Waals surface area (Å²) in [6, 6.07) is 39.7. The van der Waals surface area contributed by atoms with Crippen molar-refractivity contribution in [1.82, 2.24) is 9.88 Å². The van der Waals surface area contributed by atoms with E-state index in [0.29, 0.717) is 43.2 Å². The van der Waals surface area contributed by atoms with Gasteiger partial charge in [-0.2, -0.15) is 0 Å². The number of pyridine rings is 1. The Labute approximate surface area is 235 Å². The summed E-state index contributed by atoms with van der Waals surface area (Å²) in [6.07, 6.45) is 2.44. The second-order valence-corrected chi connectivity index (χ2v) is 9.50. The molecule has 0 fully saturated rings. The molecule has 0 spiro atoms. The number of hydrogen-bond acceptors (Lipinski definition) is 4. The zero-order valence-electron chi connectivity index (χ0n) is 22.6. The van der Waals surface area contributed by atoms with Crippen LogP contribution < -0.4 is 9.47 Å². The summed E-state index contributed by atoms with van der Waals surface area (Å²) in [7, 11) is 1.63. The molecule has 1 aromatic heterocycles. The molecule has 0 aliphatic carbocycles. The van der Waals surface area contributed by atoms with Crippen molar-refractivity contribution in [1.29, 1.82) is 0 Å². The lowest BCUT2D eigenvalue weighted by molar-refractivity contribution is 0.0744. The van der Waals surface area contributed by atoms with Gasteiger partial charge in [0.2, 0.25) is 0 Å². The van der Waals surface area contributed by atoms with Crippen LogP contribution in [0.2, 0.25) is 0 Å². The van der Waals surface area contributed by atoms with E-state index in [0.717, 1.165) is 27.9 Å². The van der Waals surface area contributed by atoms with Crippen molar-refractivity contribution in [3.63, 3.8) is 0 Å². The molecule has 1 amide bonds. The predicted octanol–water partition coefficient (Wildman–Crippen LogP) is 7.22. The number of carbonyl (C=O) groups excluding carboxylic acids is 1. The van der Waals surface area contributed by atoms with Gasteiger partial charge >= 0.3 is 0 Å². The molecule has 0 unspecified atom stereocenters. The molecule has 4 aromatic carbocycles. The van der Waals surface area contributed by atoms with Gasteiger partial charge in [-0.25, -0.2) is 0 Å². The van der Waals surface area contributed by atoms with E-state index in [2.05, 4.69) is 17.1 Å². The lowest BCUT2D eigenvalue weighted by atomic mass is 10.0. The molecule has 0 radical (unpaired) electrons. The second kappa shape index (κ2) is 13.3. The number of ether oxygens (including phenoxy) is 2. The van der Waals surface area contributed by atoms with Crippen LogP contribution >= 0.6 is 0 Å². The average Bonchev–Trinajstić information content (AvgIpc) is 3.03. The van der Waals surface area contributed by atoms with E-state index in [9.17, 15) is 4.79 Å². The van der Waals surface area contributed by atoms with Gasteiger partial charge in [0.05, 0.1) is 7.11 Å². The predicted molar refractivity (Wildman–Crippen MR) is 158 cm³/mol. The molecular formula is C35H32N2O3. The Hall–Kier alpha value is -4.90. The first-order chi connectivity index (χ1) is 19.7. The molecular weight excluding hydrogens is 496 g/mol. The Kier molecular flexibility index (Phi) is 8.84. The van der Waals surface area contributed by atoms with Crippen molar-refractivity contribution in [3.8, 4) is 22.6 Å². The summed E-state index contributed by atoms with van der Waals surface area (Å²) >= 11 is 0. The van der Waals surface area contributed by atoms with Crippen LogP contribution in [-0.4, -0.2) is 29.4 Å². The van der Waals surface area contributed by atoms with Gasteiger partial charge in [-0.1, -0.05) is 84.9 Å². The number of amides is 1. The number of rotatable bonds is 11. The zero-order chi connectivity index (χ0) is 27.6. The summed E-state index contributed by atoms with van der Waals surface area (Å²) in [5.74, 6) is 1.27. The maximum Gasteiger partial charge on any atom is 0.254 e. The van der Waals surface area contributed by atoms with Gasteiger partial charge in [-0.15, -0.1) is 0 Å². The molecule has 0 saturated heterocycles. The minimum Gasteiger partial charge on any atom is -0.493 e. The van der Waals surface area contributed by atoms with Crippen LogP contribution in [0.4, 0.5) is 0 Å². The molecule has 0 bridgehead atoms.